The van der Waals surface area contributed by atoms with Crippen LogP contribution in [0.4, 0.5) is 0 Å². The third kappa shape index (κ3) is 2.55. The minimum Gasteiger partial charge on any atom is -0.292 e. The average Bonchev–Trinajstić information content (AvgIpc) is 3.01. The Bertz CT molecular complexity index is 760. The molecule has 21 heavy (non-hydrogen) atoms. The van der Waals surface area contributed by atoms with Crippen molar-refractivity contribution in [3.63, 3.8) is 0 Å². The van der Waals surface area contributed by atoms with Gasteiger partial charge in [-0.15, -0.1) is 10.2 Å². The van der Waals surface area contributed by atoms with Gasteiger partial charge in [-0.25, -0.2) is 14.3 Å². The van der Waals surface area contributed by atoms with Gasteiger partial charge in [0.2, 0.25) is 0 Å². The van der Waals surface area contributed by atoms with Gasteiger partial charge in [0.1, 0.15) is 6.61 Å². The van der Waals surface area contributed by atoms with Crippen molar-refractivity contribution < 1.29 is 9.78 Å². The van der Waals surface area contributed by atoms with Crippen LogP contribution in [0.25, 0.3) is 17.0 Å². The third-order valence-electron chi connectivity index (χ3n) is 3.38. The van der Waals surface area contributed by atoms with Crippen LogP contribution in [0.3, 0.4) is 0 Å². The fraction of sp³-hybridized carbons (Fsp3) is 0.333. The molecule has 0 bridgehead atoms. The number of nitrogens with one attached hydrogen (secondary N) is 1. The van der Waals surface area contributed by atoms with Gasteiger partial charge in [0, 0.05) is 11.1 Å². The molecule has 0 atom stereocenters. The van der Waals surface area contributed by atoms with Crippen LogP contribution in [0.5, 0.6) is 0 Å². The lowest BCUT2D eigenvalue weighted by atomic mass is 10.1. The number of aryl methyl sites for hydroxylation is 2. The molecule has 6 heteroatoms. The molecule has 0 amide bonds. The molecular weight excluding hydrogens is 268 g/mol. The van der Waals surface area contributed by atoms with Crippen molar-refractivity contribution in [3.05, 3.63) is 41.1 Å². The molecule has 110 valence electrons. The topological polar surface area (TPSA) is 64.4 Å². The van der Waals surface area contributed by atoms with Gasteiger partial charge < -0.3 is 0 Å². The average molecular weight is 286 g/mol. The predicted molar refractivity (Wildman–Crippen MR) is 78.7 cm³/mol. The summed E-state index contributed by atoms with van der Waals surface area (Å²) in [4.78, 5) is 10.1. The zero-order chi connectivity index (χ0) is 14.8. The lowest BCUT2D eigenvalue weighted by Crippen LogP contribution is -1.98. The normalized spacial score (nSPS) is 11.4. The van der Waals surface area contributed by atoms with E-state index in [-0.39, 0.29) is 0 Å². The second kappa shape index (κ2) is 5.67. The van der Waals surface area contributed by atoms with Gasteiger partial charge in [-0.3, -0.25) is 5.10 Å². The second-order valence-electron chi connectivity index (χ2n) is 4.94. The lowest BCUT2D eigenvalue weighted by Gasteiger charge is -2.01. The maximum absolute atomic E-state index is 5.12. The van der Waals surface area contributed by atoms with Gasteiger partial charge in [-0.2, -0.15) is 0 Å². The Balaban J connectivity index is 2.00. The molecule has 0 aliphatic carbocycles. The minimum atomic E-state index is 0.357. The molecule has 2 aromatic heterocycles. The van der Waals surface area contributed by atoms with Crippen LogP contribution in [-0.2, 0) is 16.4 Å². The molecule has 0 fully saturated rings. The molecule has 6 nitrogen and oxygen atoms in total. The number of fused-ring (bicyclic) bond motifs is 1. The fourth-order valence-corrected chi connectivity index (χ4v) is 2.28. The summed E-state index contributed by atoms with van der Waals surface area (Å²) in [6, 6.07) is 8.18. The number of nitrogens with zero attached hydrogens (tertiary/aromatic N) is 3. The van der Waals surface area contributed by atoms with Gasteiger partial charge in [-0.05, 0) is 26.8 Å². The van der Waals surface area contributed by atoms with Crippen molar-refractivity contribution in [2.75, 3.05) is 6.61 Å². The zero-order valence-corrected chi connectivity index (χ0v) is 12.4. The van der Waals surface area contributed by atoms with Crippen LogP contribution in [0.15, 0.2) is 24.3 Å². The number of hydrogen-bond acceptors (Lipinski definition) is 4. The first-order valence-electron chi connectivity index (χ1n) is 6.94. The molecule has 0 radical (unpaired) electrons. The van der Waals surface area contributed by atoms with E-state index >= 15 is 0 Å². The first-order chi connectivity index (χ1) is 10.2. The summed E-state index contributed by atoms with van der Waals surface area (Å²) >= 11 is 0. The summed E-state index contributed by atoms with van der Waals surface area (Å²) < 4.78 is 1.88. The molecular formula is C15H18N4O2. The molecule has 1 N–H and O–H groups in total. The summed E-state index contributed by atoms with van der Waals surface area (Å²) in [5.74, 6) is 0.791. The summed E-state index contributed by atoms with van der Waals surface area (Å²) in [6.07, 6.45) is 0. The van der Waals surface area contributed by atoms with E-state index in [1.165, 1.54) is 5.56 Å². The molecule has 0 aliphatic rings. The Morgan fingerprint density at radius 1 is 1.19 bits per heavy atom. The number of aromatic nitrogens is 4. The van der Waals surface area contributed by atoms with Crippen molar-refractivity contribution in [2.24, 2.45) is 0 Å². The number of benzene rings is 1. The fourth-order valence-electron chi connectivity index (χ4n) is 2.28. The monoisotopic (exact) mass is 286 g/mol. The Kier molecular flexibility index (Phi) is 3.72. The summed E-state index contributed by atoms with van der Waals surface area (Å²) in [6.45, 7) is 6.81. The second-order valence-corrected chi connectivity index (χ2v) is 4.94. The SMILES string of the molecule is CCOOCc1[nH]n2c(-c3cccc(C)c3)nnc2c1C. The largest absolute Gasteiger partial charge is 0.292 e. The van der Waals surface area contributed by atoms with Crippen LogP contribution in [0.2, 0.25) is 0 Å². The first-order valence-corrected chi connectivity index (χ1v) is 6.94. The summed E-state index contributed by atoms with van der Waals surface area (Å²) in [7, 11) is 0. The van der Waals surface area contributed by atoms with Crippen molar-refractivity contribution in [3.8, 4) is 11.4 Å². The Morgan fingerprint density at radius 3 is 2.81 bits per heavy atom. The molecule has 3 aromatic rings. The van der Waals surface area contributed by atoms with E-state index in [0.29, 0.717) is 13.2 Å². The quantitative estimate of drug-likeness (QED) is 0.445. The van der Waals surface area contributed by atoms with Gasteiger partial charge in [0.25, 0.3) is 0 Å². The van der Waals surface area contributed by atoms with E-state index in [0.717, 1.165) is 28.3 Å². The number of H-pyrrole nitrogens is 1. The highest BCUT2D eigenvalue weighted by Crippen LogP contribution is 2.22. The summed E-state index contributed by atoms with van der Waals surface area (Å²) in [5.41, 5.74) is 4.97. The van der Waals surface area contributed by atoms with Crippen molar-refractivity contribution in [1.82, 2.24) is 19.8 Å². The number of rotatable bonds is 5. The van der Waals surface area contributed by atoms with Crippen LogP contribution in [-0.4, -0.2) is 26.4 Å². The lowest BCUT2D eigenvalue weighted by molar-refractivity contribution is -0.301. The molecule has 2 heterocycles. The predicted octanol–water partition coefficient (Wildman–Crippen LogP) is 2.81. The van der Waals surface area contributed by atoms with Gasteiger partial charge in [-0.1, -0.05) is 23.8 Å². The zero-order valence-electron chi connectivity index (χ0n) is 12.4. The van der Waals surface area contributed by atoms with Crippen molar-refractivity contribution in [2.45, 2.75) is 27.4 Å². The molecule has 0 spiro atoms. The Labute approximate surface area is 122 Å². The summed E-state index contributed by atoms with van der Waals surface area (Å²) in [5, 5.41) is 11.8. The molecule has 0 saturated carbocycles. The van der Waals surface area contributed by atoms with E-state index in [1.807, 2.05) is 30.5 Å². The molecule has 0 saturated heterocycles. The number of hydrogen-bond donors (Lipinski definition) is 1. The van der Waals surface area contributed by atoms with E-state index in [9.17, 15) is 0 Å². The Hall–Kier alpha value is -2.18. The Morgan fingerprint density at radius 2 is 2.05 bits per heavy atom. The highest BCUT2D eigenvalue weighted by Gasteiger charge is 2.15. The molecule has 1 aromatic carbocycles. The van der Waals surface area contributed by atoms with E-state index in [4.69, 9.17) is 9.78 Å². The van der Waals surface area contributed by atoms with Crippen LogP contribution in [0.1, 0.15) is 23.7 Å². The van der Waals surface area contributed by atoms with Gasteiger partial charge in [0.05, 0.1) is 12.3 Å². The van der Waals surface area contributed by atoms with Crippen LogP contribution >= 0.6 is 0 Å². The molecule has 0 aliphatic heterocycles. The van der Waals surface area contributed by atoms with E-state index in [2.05, 4.69) is 34.4 Å². The van der Waals surface area contributed by atoms with Gasteiger partial charge in [0.15, 0.2) is 11.5 Å². The van der Waals surface area contributed by atoms with Gasteiger partial charge >= 0.3 is 0 Å². The minimum absolute atomic E-state index is 0.357. The van der Waals surface area contributed by atoms with Crippen LogP contribution in [0, 0.1) is 13.8 Å². The maximum Gasteiger partial charge on any atom is 0.183 e. The molecule has 0 unspecified atom stereocenters. The first kappa shape index (κ1) is 13.8. The maximum atomic E-state index is 5.12. The highest BCUT2D eigenvalue weighted by atomic mass is 17.2. The standard InChI is InChI=1S/C15H18N4O2/c1-4-20-21-9-13-11(3)14-16-17-15(19(14)18-13)12-7-5-6-10(2)8-12/h5-8,18H,4,9H2,1-3H3. The third-order valence-corrected chi connectivity index (χ3v) is 3.38. The molecule has 3 rings (SSSR count). The highest BCUT2D eigenvalue weighted by molar-refractivity contribution is 5.62. The van der Waals surface area contributed by atoms with Crippen molar-refractivity contribution in [1.29, 1.82) is 0 Å². The smallest absolute Gasteiger partial charge is 0.183 e. The van der Waals surface area contributed by atoms with Crippen molar-refractivity contribution >= 4 is 5.65 Å². The van der Waals surface area contributed by atoms with Crippen LogP contribution < -0.4 is 0 Å². The van der Waals surface area contributed by atoms with E-state index < -0.39 is 0 Å². The van der Waals surface area contributed by atoms with E-state index in [1.54, 1.807) is 0 Å². The number of aromatic amines is 1.